The van der Waals surface area contributed by atoms with Crippen LogP contribution in [0.25, 0.3) is 21.9 Å². The van der Waals surface area contributed by atoms with Crippen molar-refractivity contribution in [2.45, 2.75) is 59.7 Å². The van der Waals surface area contributed by atoms with Gasteiger partial charge in [0.1, 0.15) is 59.2 Å². The number of phenols is 1. The number of aromatic hydroxyl groups is 1. The molecule has 3 aromatic rings. The molecule has 5 rings (SSSR count). The molecule has 0 radical (unpaired) electrons. The summed E-state index contributed by atoms with van der Waals surface area (Å²) in [5.74, 6) is 1.04. The van der Waals surface area contributed by atoms with Gasteiger partial charge in [0.25, 0.3) is 0 Å². The molecule has 3 heterocycles. The number of fused-ring (bicyclic) bond motifs is 2. The standard InChI is InChI=1S/C30H34O7/c1-16(2)6-8-21-18(5)23(35-14-19-12-33-19)10-25-27(21)30(32)28-26(37-25)11-24(36-15-20-13-34-20)22(29(28)31)9-7-17(3)4/h6-7,10-11,19-20,31H,8-9,12-15H2,1-5H3. The molecule has 0 saturated carbocycles. The van der Waals surface area contributed by atoms with Gasteiger partial charge in [-0.1, -0.05) is 23.3 Å². The molecule has 7 heteroatoms. The van der Waals surface area contributed by atoms with E-state index < -0.39 is 0 Å². The Hall–Kier alpha value is -3.29. The van der Waals surface area contributed by atoms with Crippen LogP contribution in [0.4, 0.5) is 0 Å². The van der Waals surface area contributed by atoms with Gasteiger partial charge in [0.15, 0.2) is 0 Å². The van der Waals surface area contributed by atoms with Crippen LogP contribution in [-0.2, 0) is 22.3 Å². The van der Waals surface area contributed by atoms with E-state index in [-0.39, 0.29) is 34.4 Å². The summed E-state index contributed by atoms with van der Waals surface area (Å²) < 4.78 is 29.0. The van der Waals surface area contributed by atoms with Crippen molar-refractivity contribution in [3.63, 3.8) is 0 Å². The summed E-state index contributed by atoms with van der Waals surface area (Å²) in [6, 6.07) is 3.48. The minimum atomic E-state index is -0.262. The highest BCUT2D eigenvalue weighted by atomic mass is 16.6. The average molecular weight is 507 g/mol. The second-order valence-corrected chi connectivity index (χ2v) is 10.4. The van der Waals surface area contributed by atoms with Crippen LogP contribution in [0.3, 0.4) is 0 Å². The third-order valence-corrected chi connectivity index (χ3v) is 6.72. The van der Waals surface area contributed by atoms with E-state index in [9.17, 15) is 9.90 Å². The highest BCUT2D eigenvalue weighted by Gasteiger charge is 2.27. The third-order valence-electron chi connectivity index (χ3n) is 6.72. The first kappa shape index (κ1) is 25.4. The molecule has 2 aromatic carbocycles. The molecular weight excluding hydrogens is 472 g/mol. The van der Waals surface area contributed by atoms with Crippen LogP contribution in [-0.4, -0.2) is 43.7 Å². The van der Waals surface area contributed by atoms with E-state index in [1.807, 2.05) is 40.7 Å². The molecular formula is C30H34O7. The van der Waals surface area contributed by atoms with Crippen LogP contribution in [0.1, 0.15) is 44.4 Å². The SMILES string of the molecule is CC(C)=CCc1c(OCC2CO2)cc2oc3cc(OCC4CO4)c(C)c(CC=C(C)C)c3c(=O)c2c1O. The molecule has 2 atom stereocenters. The Kier molecular flexibility index (Phi) is 7.01. The van der Waals surface area contributed by atoms with E-state index in [0.717, 1.165) is 22.3 Å². The second kappa shape index (κ2) is 10.2. The highest BCUT2D eigenvalue weighted by Crippen LogP contribution is 2.39. The van der Waals surface area contributed by atoms with Gasteiger partial charge in [-0.05, 0) is 58.6 Å². The van der Waals surface area contributed by atoms with Crippen molar-refractivity contribution >= 4 is 21.9 Å². The zero-order valence-corrected chi connectivity index (χ0v) is 22.1. The number of hydrogen-bond donors (Lipinski definition) is 1. The second-order valence-electron chi connectivity index (χ2n) is 10.4. The molecule has 0 bridgehead atoms. The van der Waals surface area contributed by atoms with Gasteiger partial charge in [-0.2, -0.15) is 0 Å². The van der Waals surface area contributed by atoms with Crippen LogP contribution < -0.4 is 14.9 Å². The van der Waals surface area contributed by atoms with Crippen LogP contribution in [0.5, 0.6) is 17.2 Å². The van der Waals surface area contributed by atoms with Crippen molar-refractivity contribution in [3.05, 3.63) is 62.3 Å². The number of epoxide rings is 2. The normalized spacial score (nSPS) is 18.1. The molecule has 2 aliphatic heterocycles. The largest absolute Gasteiger partial charge is 0.507 e. The van der Waals surface area contributed by atoms with Crippen LogP contribution >= 0.6 is 0 Å². The Morgan fingerprint density at radius 2 is 1.41 bits per heavy atom. The van der Waals surface area contributed by atoms with Gasteiger partial charge in [-0.25, -0.2) is 0 Å². The van der Waals surface area contributed by atoms with Crippen LogP contribution in [0.15, 0.2) is 44.6 Å². The predicted molar refractivity (Wildman–Crippen MR) is 143 cm³/mol. The molecule has 2 fully saturated rings. The first-order chi connectivity index (χ1) is 17.7. The summed E-state index contributed by atoms with van der Waals surface area (Å²) >= 11 is 0. The Labute approximate surface area is 216 Å². The first-order valence-electron chi connectivity index (χ1n) is 12.8. The lowest BCUT2D eigenvalue weighted by atomic mass is 9.96. The zero-order chi connectivity index (χ0) is 26.3. The summed E-state index contributed by atoms with van der Waals surface area (Å²) in [6.07, 6.45) is 5.21. The van der Waals surface area contributed by atoms with Crippen molar-refractivity contribution < 1.29 is 28.5 Å². The van der Waals surface area contributed by atoms with Crippen molar-refractivity contribution in [2.24, 2.45) is 0 Å². The van der Waals surface area contributed by atoms with Gasteiger partial charge in [0, 0.05) is 17.7 Å². The maximum absolute atomic E-state index is 14.0. The number of rotatable bonds is 10. The van der Waals surface area contributed by atoms with E-state index in [1.165, 1.54) is 0 Å². The minimum absolute atomic E-state index is 0.0496. The Morgan fingerprint density at radius 1 is 0.892 bits per heavy atom. The number of allylic oxidation sites excluding steroid dienone is 4. The van der Waals surface area contributed by atoms with Crippen molar-refractivity contribution in [1.29, 1.82) is 0 Å². The molecule has 0 aliphatic carbocycles. The van der Waals surface area contributed by atoms with E-state index in [0.29, 0.717) is 67.3 Å². The zero-order valence-electron chi connectivity index (χ0n) is 22.1. The lowest BCUT2D eigenvalue weighted by Crippen LogP contribution is -2.11. The summed E-state index contributed by atoms with van der Waals surface area (Å²) in [4.78, 5) is 14.0. The summed E-state index contributed by atoms with van der Waals surface area (Å²) in [5, 5.41) is 12.0. The monoisotopic (exact) mass is 506 g/mol. The number of ether oxygens (including phenoxy) is 4. The topological polar surface area (TPSA) is 94.0 Å². The molecule has 0 amide bonds. The summed E-state index contributed by atoms with van der Waals surface area (Å²) in [6.45, 7) is 12.2. The predicted octanol–water partition coefficient (Wildman–Crippen LogP) is 5.53. The quantitative estimate of drug-likeness (QED) is 0.219. The highest BCUT2D eigenvalue weighted by molar-refractivity contribution is 5.97. The maximum atomic E-state index is 14.0. The molecule has 1 N–H and O–H groups in total. The van der Waals surface area contributed by atoms with Gasteiger partial charge in [-0.15, -0.1) is 0 Å². The Morgan fingerprint density at radius 3 is 1.97 bits per heavy atom. The minimum Gasteiger partial charge on any atom is -0.507 e. The van der Waals surface area contributed by atoms with E-state index >= 15 is 0 Å². The van der Waals surface area contributed by atoms with Gasteiger partial charge in [-0.3, -0.25) is 4.79 Å². The van der Waals surface area contributed by atoms with Gasteiger partial charge in [0.2, 0.25) is 5.43 Å². The molecule has 37 heavy (non-hydrogen) atoms. The lowest BCUT2D eigenvalue weighted by Gasteiger charge is -2.17. The maximum Gasteiger partial charge on any atom is 0.204 e. The van der Waals surface area contributed by atoms with Gasteiger partial charge < -0.3 is 28.5 Å². The molecule has 196 valence electrons. The van der Waals surface area contributed by atoms with Crippen molar-refractivity contribution in [3.8, 4) is 17.2 Å². The molecule has 2 unspecified atom stereocenters. The Bertz CT molecular complexity index is 1460. The van der Waals surface area contributed by atoms with Crippen molar-refractivity contribution in [2.75, 3.05) is 26.4 Å². The fraction of sp³-hybridized carbons (Fsp3) is 0.433. The summed E-state index contributed by atoms with van der Waals surface area (Å²) in [7, 11) is 0. The van der Waals surface area contributed by atoms with Crippen LogP contribution in [0.2, 0.25) is 0 Å². The van der Waals surface area contributed by atoms with Crippen LogP contribution in [0, 0.1) is 6.92 Å². The molecule has 1 aromatic heterocycles. The number of benzene rings is 2. The van der Waals surface area contributed by atoms with E-state index in [1.54, 1.807) is 12.1 Å². The number of hydrogen-bond acceptors (Lipinski definition) is 7. The third kappa shape index (κ3) is 5.53. The number of phenolic OH excluding ortho intramolecular Hbond substituents is 1. The van der Waals surface area contributed by atoms with Gasteiger partial charge >= 0.3 is 0 Å². The Balaban J connectivity index is 1.72. The first-order valence-corrected chi connectivity index (χ1v) is 12.8. The molecule has 7 nitrogen and oxygen atoms in total. The van der Waals surface area contributed by atoms with Gasteiger partial charge in [0.05, 0.1) is 18.6 Å². The van der Waals surface area contributed by atoms with E-state index in [2.05, 4.69) is 6.08 Å². The fourth-order valence-electron chi connectivity index (χ4n) is 4.36. The molecule has 0 spiro atoms. The van der Waals surface area contributed by atoms with Crippen molar-refractivity contribution in [1.82, 2.24) is 0 Å². The average Bonchev–Trinajstić information content (AvgIpc) is 3.75. The lowest BCUT2D eigenvalue weighted by molar-refractivity contribution is 0.260. The summed E-state index contributed by atoms with van der Waals surface area (Å²) in [5.41, 5.74) is 4.95. The fourth-order valence-corrected chi connectivity index (χ4v) is 4.36. The smallest absolute Gasteiger partial charge is 0.204 e. The van der Waals surface area contributed by atoms with E-state index in [4.69, 9.17) is 23.4 Å². The molecule has 2 saturated heterocycles. The molecule has 2 aliphatic rings.